The molecule has 13 heteroatoms. The van der Waals surface area contributed by atoms with E-state index in [0.717, 1.165) is 11.3 Å². The minimum Gasteiger partial charge on any atom is -0.492 e. The summed E-state index contributed by atoms with van der Waals surface area (Å²) in [6, 6.07) is 19.5. The highest BCUT2D eigenvalue weighted by atomic mass is 16.7. The topological polar surface area (TPSA) is 191 Å². The standard InChI is InChI=1S/C30H43NO12/c1-18(16-40-20-10-6-3-7-11-20)31(14-19-8-4-2-5-9-19)12-13-39-17-22-28(25(35)26(36)29(38)41-22)43-30-27(37)24(34)23(33)21(15-32)42-30/h2-11,18,21-30,32-38H,12-17H2,1H3/t18?,21-,22-,23+,24+,25-,26-,27-,28-,29?,30+/m1/s1. The Morgan fingerprint density at radius 2 is 1.47 bits per heavy atom. The first-order valence-electron chi connectivity index (χ1n) is 14.4. The van der Waals surface area contributed by atoms with Crippen molar-refractivity contribution in [2.75, 3.05) is 33.0 Å². The highest BCUT2D eigenvalue weighted by Gasteiger charge is 2.50. The van der Waals surface area contributed by atoms with Gasteiger partial charge in [0.25, 0.3) is 0 Å². The highest BCUT2D eigenvalue weighted by molar-refractivity contribution is 5.21. The maximum atomic E-state index is 10.7. The zero-order valence-electron chi connectivity index (χ0n) is 24.0. The number of benzene rings is 2. The molecule has 0 radical (unpaired) electrons. The number of aliphatic hydroxyl groups is 7. The predicted molar refractivity (Wildman–Crippen MR) is 151 cm³/mol. The fourth-order valence-corrected chi connectivity index (χ4v) is 5.05. The van der Waals surface area contributed by atoms with E-state index < -0.39 is 68.0 Å². The second-order valence-electron chi connectivity index (χ2n) is 10.8. The average Bonchev–Trinajstić information content (AvgIpc) is 3.02. The molecular formula is C30H43NO12. The largest absolute Gasteiger partial charge is 0.492 e. The Morgan fingerprint density at radius 1 is 0.791 bits per heavy atom. The van der Waals surface area contributed by atoms with Crippen LogP contribution >= 0.6 is 0 Å². The highest BCUT2D eigenvalue weighted by Crippen LogP contribution is 2.29. The molecule has 0 aromatic heterocycles. The Bertz CT molecular complexity index is 1070. The van der Waals surface area contributed by atoms with Crippen LogP contribution in [-0.2, 0) is 25.5 Å². The Morgan fingerprint density at radius 3 is 2.14 bits per heavy atom. The molecule has 2 saturated heterocycles. The molecule has 0 spiro atoms. The summed E-state index contributed by atoms with van der Waals surface area (Å²) < 4.78 is 28.4. The van der Waals surface area contributed by atoms with Gasteiger partial charge >= 0.3 is 0 Å². The number of rotatable bonds is 14. The van der Waals surface area contributed by atoms with E-state index in [1.165, 1.54) is 0 Å². The molecule has 0 bridgehead atoms. The maximum Gasteiger partial charge on any atom is 0.187 e. The van der Waals surface area contributed by atoms with Crippen molar-refractivity contribution in [3.63, 3.8) is 0 Å². The number of hydrogen-bond donors (Lipinski definition) is 7. The molecule has 2 aromatic rings. The van der Waals surface area contributed by atoms with E-state index in [-0.39, 0.29) is 19.3 Å². The van der Waals surface area contributed by atoms with Crippen LogP contribution in [-0.4, -0.2) is 141 Å². The Kier molecular flexibility index (Phi) is 12.7. The van der Waals surface area contributed by atoms with Gasteiger partial charge in [0.2, 0.25) is 0 Å². The summed E-state index contributed by atoms with van der Waals surface area (Å²) in [5, 5.41) is 71.0. The Hall–Kier alpha value is -2.24. The second-order valence-corrected chi connectivity index (χ2v) is 10.8. The summed E-state index contributed by atoms with van der Waals surface area (Å²) in [5.41, 5.74) is 1.11. The van der Waals surface area contributed by atoms with Crippen molar-refractivity contribution in [2.24, 2.45) is 0 Å². The molecule has 240 valence electrons. The summed E-state index contributed by atoms with van der Waals surface area (Å²) in [6.07, 6.45) is -15.5. The van der Waals surface area contributed by atoms with Crippen LogP contribution in [0.3, 0.4) is 0 Å². The van der Waals surface area contributed by atoms with Crippen molar-refractivity contribution in [3.8, 4) is 5.75 Å². The van der Waals surface area contributed by atoms with Crippen LogP contribution in [0.2, 0.25) is 0 Å². The van der Waals surface area contributed by atoms with Gasteiger partial charge in [-0.25, -0.2) is 0 Å². The van der Waals surface area contributed by atoms with Gasteiger partial charge in [-0.2, -0.15) is 0 Å². The Labute approximate surface area is 250 Å². The molecule has 7 N–H and O–H groups in total. The summed E-state index contributed by atoms with van der Waals surface area (Å²) in [4.78, 5) is 2.19. The van der Waals surface area contributed by atoms with Crippen molar-refractivity contribution in [2.45, 2.75) is 80.9 Å². The van der Waals surface area contributed by atoms with Crippen LogP contribution in [0.15, 0.2) is 60.7 Å². The van der Waals surface area contributed by atoms with Crippen LogP contribution in [0.1, 0.15) is 12.5 Å². The molecular weight excluding hydrogens is 566 g/mol. The predicted octanol–water partition coefficient (Wildman–Crippen LogP) is -1.40. The van der Waals surface area contributed by atoms with Gasteiger partial charge in [0, 0.05) is 19.1 Å². The molecule has 43 heavy (non-hydrogen) atoms. The molecule has 13 nitrogen and oxygen atoms in total. The third kappa shape index (κ3) is 8.91. The van der Waals surface area contributed by atoms with Crippen LogP contribution in [0.4, 0.5) is 0 Å². The lowest BCUT2D eigenvalue weighted by atomic mass is 9.97. The second kappa shape index (κ2) is 16.2. The molecule has 2 unspecified atom stereocenters. The van der Waals surface area contributed by atoms with Gasteiger partial charge in [-0.3, -0.25) is 4.90 Å². The number of nitrogens with zero attached hydrogens (tertiary/aromatic N) is 1. The molecule has 2 fully saturated rings. The molecule has 0 saturated carbocycles. The fourth-order valence-electron chi connectivity index (χ4n) is 5.05. The van der Waals surface area contributed by atoms with Crippen LogP contribution in [0, 0.1) is 0 Å². The number of aliphatic hydroxyl groups excluding tert-OH is 7. The third-order valence-electron chi connectivity index (χ3n) is 7.69. The van der Waals surface area contributed by atoms with Crippen LogP contribution < -0.4 is 4.74 Å². The fraction of sp³-hybridized carbons (Fsp3) is 0.600. The van der Waals surface area contributed by atoms with Gasteiger partial charge in [-0.05, 0) is 24.6 Å². The lowest BCUT2D eigenvalue weighted by molar-refractivity contribution is -0.356. The number of ether oxygens (including phenoxy) is 5. The van der Waals surface area contributed by atoms with Crippen molar-refractivity contribution in [3.05, 3.63) is 66.2 Å². The lowest BCUT2D eigenvalue weighted by Gasteiger charge is -2.45. The molecule has 0 amide bonds. The van der Waals surface area contributed by atoms with Crippen molar-refractivity contribution in [1.82, 2.24) is 4.90 Å². The van der Waals surface area contributed by atoms with Crippen molar-refractivity contribution in [1.29, 1.82) is 0 Å². The minimum absolute atomic E-state index is 0.0102. The number of hydrogen-bond acceptors (Lipinski definition) is 13. The van der Waals surface area contributed by atoms with Gasteiger partial charge in [0.15, 0.2) is 12.6 Å². The summed E-state index contributed by atoms with van der Waals surface area (Å²) in [6.45, 7) is 3.00. The minimum atomic E-state index is -1.74. The monoisotopic (exact) mass is 609 g/mol. The molecule has 2 aliphatic rings. The Balaban J connectivity index is 1.36. The van der Waals surface area contributed by atoms with Gasteiger partial charge in [-0.1, -0.05) is 48.5 Å². The average molecular weight is 610 g/mol. The van der Waals surface area contributed by atoms with E-state index in [0.29, 0.717) is 19.7 Å². The van der Waals surface area contributed by atoms with E-state index in [1.807, 2.05) is 60.7 Å². The smallest absolute Gasteiger partial charge is 0.187 e. The summed E-state index contributed by atoms with van der Waals surface area (Å²) in [5.74, 6) is 0.768. The quantitative estimate of drug-likeness (QED) is 0.124. The van der Waals surface area contributed by atoms with Crippen molar-refractivity contribution < 1.29 is 59.4 Å². The van der Waals surface area contributed by atoms with E-state index in [4.69, 9.17) is 23.7 Å². The molecule has 4 rings (SSSR count). The van der Waals surface area contributed by atoms with Crippen molar-refractivity contribution >= 4 is 0 Å². The molecule has 0 aliphatic carbocycles. The van der Waals surface area contributed by atoms with E-state index in [1.54, 1.807) is 0 Å². The van der Waals surface area contributed by atoms with Gasteiger partial charge < -0.3 is 59.4 Å². The van der Waals surface area contributed by atoms with E-state index in [9.17, 15) is 35.7 Å². The zero-order valence-corrected chi connectivity index (χ0v) is 24.0. The molecule has 2 heterocycles. The normalized spacial score (nSPS) is 33.8. The van der Waals surface area contributed by atoms with Gasteiger partial charge in [-0.15, -0.1) is 0 Å². The van der Waals surface area contributed by atoms with Gasteiger partial charge in [0.05, 0.1) is 19.8 Å². The number of para-hydroxylation sites is 1. The summed E-state index contributed by atoms with van der Waals surface area (Å²) in [7, 11) is 0. The van der Waals surface area contributed by atoms with E-state index >= 15 is 0 Å². The third-order valence-corrected chi connectivity index (χ3v) is 7.69. The molecule has 11 atom stereocenters. The first kappa shape index (κ1) is 33.6. The van der Waals surface area contributed by atoms with E-state index in [2.05, 4.69) is 11.8 Å². The summed E-state index contributed by atoms with van der Waals surface area (Å²) >= 11 is 0. The first-order valence-corrected chi connectivity index (χ1v) is 14.4. The lowest BCUT2D eigenvalue weighted by Crippen LogP contribution is -2.64. The molecule has 2 aliphatic heterocycles. The maximum absolute atomic E-state index is 10.7. The molecule has 2 aromatic carbocycles. The first-order chi connectivity index (χ1) is 20.7. The van der Waals surface area contributed by atoms with Crippen LogP contribution in [0.25, 0.3) is 0 Å². The zero-order chi connectivity index (χ0) is 30.9. The van der Waals surface area contributed by atoms with Crippen LogP contribution in [0.5, 0.6) is 5.75 Å². The SMILES string of the molecule is CC(COc1ccccc1)N(CCOC[C@H]1OC(O)[C@H](O)[C@@H](O)[C@@H]1O[C@@H]1O[C@H](CO)[C@H](O)[C@H](O)[C@H]1O)Cc1ccccc1. The van der Waals surface area contributed by atoms with Gasteiger partial charge in [0.1, 0.15) is 61.2 Å².